The Balaban J connectivity index is 3.11. The number of hydrogen-bond donors (Lipinski definition) is 1. The summed E-state index contributed by atoms with van der Waals surface area (Å²) < 4.78 is 0. The first kappa shape index (κ1) is 11.5. The summed E-state index contributed by atoms with van der Waals surface area (Å²) in [7, 11) is 0. The van der Waals surface area contributed by atoms with Crippen LogP contribution in [0.4, 0.5) is 5.69 Å². The molecule has 0 aliphatic heterocycles. The molecule has 0 atom stereocenters. The van der Waals surface area contributed by atoms with Crippen LogP contribution < -0.4 is 4.90 Å². The van der Waals surface area contributed by atoms with Crippen LogP contribution in [0.5, 0.6) is 0 Å². The van der Waals surface area contributed by atoms with Crippen molar-refractivity contribution in [2.75, 3.05) is 18.0 Å². The van der Waals surface area contributed by atoms with Crippen LogP contribution in [-0.4, -0.2) is 29.1 Å². The minimum atomic E-state index is -0.922. The summed E-state index contributed by atoms with van der Waals surface area (Å²) in [6, 6.07) is 1.68. The molecule has 1 aromatic heterocycles. The molecule has 82 valence electrons. The molecular weight excluding hydrogens is 192 g/mol. The van der Waals surface area contributed by atoms with E-state index >= 15 is 0 Å². The zero-order valence-corrected chi connectivity index (χ0v) is 9.32. The number of aromatic carboxylic acids is 1. The van der Waals surface area contributed by atoms with E-state index in [1.54, 1.807) is 19.2 Å². The van der Waals surface area contributed by atoms with Gasteiger partial charge in [-0.25, -0.2) is 4.79 Å². The molecule has 0 aromatic carbocycles. The fraction of sp³-hybridized carbons (Fsp3) is 0.455. The number of nitrogens with zero attached hydrogens (tertiary/aromatic N) is 2. The third kappa shape index (κ3) is 2.46. The van der Waals surface area contributed by atoms with Crippen molar-refractivity contribution in [3.63, 3.8) is 0 Å². The van der Waals surface area contributed by atoms with E-state index in [4.69, 9.17) is 5.11 Å². The van der Waals surface area contributed by atoms with Crippen LogP contribution in [0.1, 0.15) is 29.9 Å². The van der Waals surface area contributed by atoms with Gasteiger partial charge in [0.1, 0.15) is 0 Å². The lowest BCUT2D eigenvalue weighted by Gasteiger charge is -2.21. The molecule has 4 nitrogen and oxygen atoms in total. The van der Waals surface area contributed by atoms with Gasteiger partial charge in [-0.2, -0.15) is 0 Å². The van der Waals surface area contributed by atoms with E-state index < -0.39 is 5.97 Å². The zero-order valence-electron chi connectivity index (χ0n) is 9.32. The maximum atomic E-state index is 10.9. The molecule has 0 saturated heterocycles. The van der Waals surface area contributed by atoms with Gasteiger partial charge in [0.25, 0.3) is 0 Å². The van der Waals surface area contributed by atoms with E-state index in [0.29, 0.717) is 5.69 Å². The highest BCUT2D eigenvalue weighted by molar-refractivity contribution is 5.89. The molecule has 0 aliphatic carbocycles. The second-order valence-corrected chi connectivity index (χ2v) is 3.30. The molecule has 0 saturated carbocycles. The first-order valence-corrected chi connectivity index (χ1v) is 5.05. The Bertz CT molecular complexity index is 360. The third-order valence-electron chi connectivity index (χ3n) is 2.43. The Morgan fingerprint density at radius 2 is 2.07 bits per heavy atom. The van der Waals surface area contributed by atoms with Crippen molar-refractivity contribution in [3.05, 3.63) is 23.5 Å². The summed E-state index contributed by atoms with van der Waals surface area (Å²) >= 11 is 0. The summed E-state index contributed by atoms with van der Waals surface area (Å²) in [4.78, 5) is 17.1. The molecule has 0 radical (unpaired) electrons. The van der Waals surface area contributed by atoms with E-state index in [0.717, 1.165) is 18.8 Å². The van der Waals surface area contributed by atoms with Gasteiger partial charge in [-0.3, -0.25) is 4.98 Å². The van der Waals surface area contributed by atoms with Crippen molar-refractivity contribution in [1.29, 1.82) is 0 Å². The van der Waals surface area contributed by atoms with E-state index in [-0.39, 0.29) is 5.56 Å². The molecule has 4 heteroatoms. The predicted octanol–water partition coefficient (Wildman–Crippen LogP) is 1.93. The maximum absolute atomic E-state index is 10.9. The molecule has 1 aromatic rings. The van der Waals surface area contributed by atoms with E-state index in [9.17, 15) is 4.79 Å². The molecule has 0 bridgehead atoms. The van der Waals surface area contributed by atoms with Gasteiger partial charge in [-0.1, -0.05) is 0 Å². The van der Waals surface area contributed by atoms with Crippen LogP contribution in [0.3, 0.4) is 0 Å². The Hall–Kier alpha value is -1.58. The zero-order chi connectivity index (χ0) is 11.4. The van der Waals surface area contributed by atoms with Gasteiger partial charge < -0.3 is 10.0 Å². The van der Waals surface area contributed by atoms with Crippen molar-refractivity contribution in [2.24, 2.45) is 0 Å². The Morgan fingerprint density at radius 1 is 1.47 bits per heavy atom. The van der Waals surface area contributed by atoms with Crippen LogP contribution in [-0.2, 0) is 0 Å². The predicted molar refractivity (Wildman–Crippen MR) is 59.5 cm³/mol. The highest BCUT2D eigenvalue weighted by Gasteiger charge is 2.11. The highest BCUT2D eigenvalue weighted by atomic mass is 16.4. The number of aromatic nitrogens is 1. The SMILES string of the molecule is CCN(CC)c1cnc(C)c(C(=O)O)c1. The van der Waals surface area contributed by atoms with Gasteiger partial charge in [0.05, 0.1) is 23.1 Å². The van der Waals surface area contributed by atoms with Gasteiger partial charge in [-0.05, 0) is 26.8 Å². The molecule has 0 unspecified atom stereocenters. The van der Waals surface area contributed by atoms with Crippen molar-refractivity contribution in [3.8, 4) is 0 Å². The minimum absolute atomic E-state index is 0.277. The summed E-state index contributed by atoms with van der Waals surface area (Å²) in [5.74, 6) is -0.922. The first-order chi connectivity index (χ1) is 7.10. The van der Waals surface area contributed by atoms with Crippen LogP contribution in [0.2, 0.25) is 0 Å². The topological polar surface area (TPSA) is 53.4 Å². The number of carboxylic acid groups (broad SMARTS) is 1. The van der Waals surface area contributed by atoms with Crippen molar-refractivity contribution >= 4 is 11.7 Å². The minimum Gasteiger partial charge on any atom is -0.478 e. The second-order valence-electron chi connectivity index (χ2n) is 3.30. The van der Waals surface area contributed by atoms with Crippen LogP contribution >= 0.6 is 0 Å². The number of hydrogen-bond acceptors (Lipinski definition) is 3. The summed E-state index contributed by atoms with van der Waals surface area (Å²) in [5, 5.41) is 8.96. The fourth-order valence-electron chi connectivity index (χ4n) is 1.50. The quantitative estimate of drug-likeness (QED) is 0.821. The molecule has 15 heavy (non-hydrogen) atoms. The van der Waals surface area contributed by atoms with Gasteiger partial charge in [0.2, 0.25) is 0 Å². The monoisotopic (exact) mass is 208 g/mol. The second kappa shape index (κ2) is 4.77. The molecule has 1 heterocycles. The largest absolute Gasteiger partial charge is 0.478 e. The Morgan fingerprint density at radius 3 is 2.53 bits per heavy atom. The average Bonchev–Trinajstić information content (AvgIpc) is 2.21. The van der Waals surface area contributed by atoms with Gasteiger partial charge in [0.15, 0.2) is 0 Å². The number of rotatable bonds is 4. The maximum Gasteiger partial charge on any atom is 0.337 e. The lowest BCUT2D eigenvalue weighted by atomic mass is 10.2. The molecular formula is C11H16N2O2. The van der Waals surface area contributed by atoms with Gasteiger partial charge in [0, 0.05) is 13.1 Å². The highest BCUT2D eigenvalue weighted by Crippen LogP contribution is 2.16. The summed E-state index contributed by atoms with van der Waals surface area (Å²) in [5.41, 5.74) is 1.70. The number of aryl methyl sites for hydroxylation is 1. The van der Waals surface area contributed by atoms with Crippen LogP contribution in [0.15, 0.2) is 12.3 Å². The molecule has 0 aliphatic rings. The van der Waals surface area contributed by atoms with Crippen LogP contribution in [0.25, 0.3) is 0 Å². The van der Waals surface area contributed by atoms with Crippen molar-refractivity contribution < 1.29 is 9.90 Å². The Kier molecular flexibility index (Phi) is 3.66. The Labute approximate surface area is 89.6 Å². The average molecular weight is 208 g/mol. The smallest absolute Gasteiger partial charge is 0.337 e. The molecule has 1 rings (SSSR count). The molecule has 0 amide bonds. The van der Waals surface area contributed by atoms with E-state index in [1.807, 2.05) is 13.8 Å². The number of carboxylic acids is 1. The van der Waals surface area contributed by atoms with E-state index in [2.05, 4.69) is 9.88 Å². The number of carbonyl (C=O) groups is 1. The standard InChI is InChI=1S/C11H16N2O2/c1-4-13(5-2)9-6-10(11(14)15)8(3)12-7-9/h6-7H,4-5H2,1-3H3,(H,14,15). The third-order valence-corrected chi connectivity index (χ3v) is 2.43. The van der Waals surface area contributed by atoms with Crippen LogP contribution in [0, 0.1) is 6.92 Å². The van der Waals surface area contributed by atoms with Crippen molar-refractivity contribution in [2.45, 2.75) is 20.8 Å². The fourth-order valence-corrected chi connectivity index (χ4v) is 1.50. The lowest BCUT2D eigenvalue weighted by molar-refractivity contribution is 0.0695. The number of anilines is 1. The van der Waals surface area contributed by atoms with Gasteiger partial charge in [-0.15, -0.1) is 0 Å². The molecule has 0 spiro atoms. The summed E-state index contributed by atoms with van der Waals surface area (Å²) in [6.45, 7) is 7.46. The van der Waals surface area contributed by atoms with Crippen molar-refractivity contribution in [1.82, 2.24) is 4.98 Å². The molecule has 0 fully saturated rings. The first-order valence-electron chi connectivity index (χ1n) is 5.05. The van der Waals surface area contributed by atoms with E-state index in [1.165, 1.54) is 0 Å². The van der Waals surface area contributed by atoms with Gasteiger partial charge >= 0.3 is 5.97 Å². The normalized spacial score (nSPS) is 10.1. The summed E-state index contributed by atoms with van der Waals surface area (Å²) in [6.07, 6.45) is 1.72. The number of pyridine rings is 1. The lowest BCUT2D eigenvalue weighted by Crippen LogP contribution is -2.22. The molecule has 1 N–H and O–H groups in total.